The number of hydrogen-bond donors (Lipinski definition) is 2. The van der Waals surface area contributed by atoms with E-state index >= 15 is 0 Å². The zero-order chi connectivity index (χ0) is 18.4. The summed E-state index contributed by atoms with van der Waals surface area (Å²) < 4.78 is 52.2. The first-order valence-corrected chi connectivity index (χ1v) is 8.40. The topological polar surface area (TPSA) is 49.3 Å². The number of nitrogens with one attached hydrogen (secondary N) is 2. The summed E-state index contributed by atoms with van der Waals surface area (Å²) in [6, 6.07) is 2.60. The van der Waals surface area contributed by atoms with Crippen LogP contribution in [-0.4, -0.2) is 17.5 Å². The Labute approximate surface area is 147 Å². The molecule has 9 heteroatoms. The number of alkyl halides is 3. The van der Waals surface area contributed by atoms with E-state index in [0.717, 1.165) is 22.0 Å². The maximum atomic E-state index is 13.1. The quantitative estimate of drug-likeness (QED) is 0.475. The van der Waals surface area contributed by atoms with Gasteiger partial charge in [0.1, 0.15) is 5.82 Å². The molecule has 0 fully saturated rings. The fourth-order valence-electron chi connectivity index (χ4n) is 2.11. The third-order valence-electron chi connectivity index (χ3n) is 3.23. The molecule has 0 unspecified atom stereocenters. The SMILES string of the molecule is CCNC(=NCc1ccc(F)cc1C(F)(F)F)NCc1cnc(C)s1. The molecular formula is C16H18F4N4S. The second-order valence-corrected chi connectivity index (χ2v) is 6.51. The number of rotatable bonds is 5. The third kappa shape index (κ3) is 5.70. The van der Waals surface area contributed by atoms with E-state index < -0.39 is 17.6 Å². The molecule has 0 spiro atoms. The van der Waals surface area contributed by atoms with Gasteiger partial charge in [-0.15, -0.1) is 11.3 Å². The van der Waals surface area contributed by atoms with Crippen LogP contribution in [0, 0.1) is 12.7 Å². The number of benzene rings is 1. The van der Waals surface area contributed by atoms with Crippen molar-refractivity contribution in [3.8, 4) is 0 Å². The molecule has 0 aliphatic heterocycles. The zero-order valence-corrected chi connectivity index (χ0v) is 14.6. The summed E-state index contributed by atoms with van der Waals surface area (Å²) in [5.41, 5.74) is -1.09. The molecule has 0 bridgehead atoms. The minimum atomic E-state index is -4.63. The van der Waals surface area contributed by atoms with Crippen LogP contribution in [0.4, 0.5) is 17.6 Å². The summed E-state index contributed by atoms with van der Waals surface area (Å²) in [5, 5.41) is 6.94. The van der Waals surface area contributed by atoms with Crippen molar-refractivity contribution in [1.29, 1.82) is 0 Å². The second kappa shape index (κ2) is 8.28. The first kappa shape index (κ1) is 19.2. The van der Waals surface area contributed by atoms with Crippen LogP contribution in [0.5, 0.6) is 0 Å². The third-order valence-corrected chi connectivity index (χ3v) is 4.14. The minimum absolute atomic E-state index is 0.0836. The molecule has 136 valence electrons. The fourth-order valence-corrected chi connectivity index (χ4v) is 2.85. The second-order valence-electron chi connectivity index (χ2n) is 5.19. The van der Waals surface area contributed by atoms with Crippen molar-refractivity contribution < 1.29 is 17.6 Å². The lowest BCUT2D eigenvalue weighted by atomic mass is 10.1. The normalized spacial score (nSPS) is 12.3. The molecule has 1 aromatic carbocycles. The predicted octanol–water partition coefficient (Wildman–Crippen LogP) is 3.86. The molecule has 1 aromatic heterocycles. The van der Waals surface area contributed by atoms with E-state index in [-0.39, 0.29) is 12.1 Å². The molecule has 0 aliphatic rings. The van der Waals surface area contributed by atoms with Crippen LogP contribution >= 0.6 is 11.3 Å². The fraction of sp³-hybridized carbons (Fsp3) is 0.375. The Bertz CT molecular complexity index is 740. The Morgan fingerprint density at radius 1 is 1.28 bits per heavy atom. The van der Waals surface area contributed by atoms with Crippen molar-refractivity contribution in [3.05, 3.63) is 51.2 Å². The van der Waals surface area contributed by atoms with E-state index in [1.807, 2.05) is 13.8 Å². The minimum Gasteiger partial charge on any atom is -0.357 e. The average Bonchev–Trinajstić information content (AvgIpc) is 2.95. The van der Waals surface area contributed by atoms with Crippen molar-refractivity contribution in [1.82, 2.24) is 15.6 Å². The number of thiazole rings is 1. The molecule has 4 nitrogen and oxygen atoms in total. The molecule has 1 heterocycles. The van der Waals surface area contributed by atoms with Crippen LogP contribution in [0.2, 0.25) is 0 Å². The molecule has 0 saturated carbocycles. The lowest BCUT2D eigenvalue weighted by Gasteiger charge is -2.13. The van der Waals surface area contributed by atoms with Crippen molar-refractivity contribution in [2.45, 2.75) is 33.1 Å². The van der Waals surface area contributed by atoms with Gasteiger partial charge in [-0.3, -0.25) is 0 Å². The van der Waals surface area contributed by atoms with Gasteiger partial charge in [-0.1, -0.05) is 6.07 Å². The maximum absolute atomic E-state index is 13.1. The van der Waals surface area contributed by atoms with Crippen LogP contribution in [0.25, 0.3) is 0 Å². The average molecular weight is 374 g/mol. The molecule has 0 radical (unpaired) electrons. The Morgan fingerprint density at radius 3 is 2.64 bits per heavy atom. The number of guanidine groups is 1. The molecule has 2 N–H and O–H groups in total. The van der Waals surface area contributed by atoms with Crippen LogP contribution in [-0.2, 0) is 19.3 Å². The Morgan fingerprint density at radius 2 is 2.04 bits per heavy atom. The summed E-state index contributed by atoms with van der Waals surface area (Å²) in [6.07, 6.45) is -2.89. The number of halogens is 4. The van der Waals surface area contributed by atoms with Gasteiger partial charge in [-0.05, 0) is 31.5 Å². The van der Waals surface area contributed by atoms with Crippen LogP contribution in [0.1, 0.15) is 27.9 Å². The summed E-state index contributed by atoms with van der Waals surface area (Å²) in [7, 11) is 0. The maximum Gasteiger partial charge on any atom is 0.416 e. The highest BCUT2D eigenvalue weighted by atomic mass is 32.1. The molecule has 2 aromatic rings. The van der Waals surface area contributed by atoms with E-state index in [2.05, 4.69) is 20.6 Å². The number of aromatic nitrogens is 1. The first-order chi connectivity index (χ1) is 11.8. The summed E-state index contributed by atoms with van der Waals surface area (Å²) in [5.74, 6) is -0.545. The molecule has 0 saturated heterocycles. The van der Waals surface area contributed by atoms with Gasteiger partial charge >= 0.3 is 6.18 Å². The zero-order valence-electron chi connectivity index (χ0n) is 13.7. The van der Waals surface area contributed by atoms with E-state index in [1.165, 1.54) is 11.3 Å². The summed E-state index contributed by atoms with van der Waals surface area (Å²) in [4.78, 5) is 9.29. The highest BCUT2D eigenvalue weighted by Crippen LogP contribution is 2.32. The van der Waals surface area contributed by atoms with Crippen molar-refractivity contribution in [3.63, 3.8) is 0 Å². The van der Waals surface area contributed by atoms with Gasteiger partial charge in [0.05, 0.1) is 23.7 Å². The van der Waals surface area contributed by atoms with Crippen LogP contribution in [0.15, 0.2) is 29.4 Å². The van der Waals surface area contributed by atoms with Gasteiger partial charge in [-0.25, -0.2) is 14.4 Å². The van der Waals surface area contributed by atoms with Gasteiger partial charge in [0.2, 0.25) is 0 Å². The smallest absolute Gasteiger partial charge is 0.357 e. The number of nitrogens with zero attached hydrogens (tertiary/aromatic N) is 2. The van der Waals surface area contributed by atoms with E-state index in [1.54, 1.807) is 6.20 Å². The summed E-state index contributed by atoms with van der Waals surface area (Å²) in [6.45, 7) is 4.55. The molecule has 0 aliphatic carbocycles. The van der Waals surface area contributed by atoms with Gasteiger partial charge in [0.25, 0.3) is 0 Å². The lowest BCUT2D eigenvalue weighted by molar-refractivity contribution is -0.138. The van der Waals surface area contributed by atoms with Gasteiger partial charge in [-0.2, -0.15) is 13.2 Å². The molecule has 0 amide bonds. The van der Waals surface area contributed by atoms with Crippen molar-refractivity contribution >= 4 is 17.3 Å². The number of aliphatic imine (C=N–C) groups is 1. The first-order valence-electron chi connectivity index (χ1n) is 7.58. The van der Waals surface area contributed by atoms with Crippen molar-refractivity contribution in [2.24, 2.45) is 4.99 Å². The highest BCUT2D eigenvalue weighted by Gasteiger charge is 2.33. The Hall–Kier alpha value is -2.16. The van der Waals surface area contributed by atoms with Gasteiger partial charge in [0.15, 0.2) is 5.96 Å². The summed E-state index contributed by atoms with van der Waals surface area (Å²) >= 11 is 1.52. The molecule has 0 atom stereocenters. The molecule has 2 rings (SSSR count). The van der Waals surface area contributed by atoms with E-state index in [0.29, 0.717) is 25.1 Å². The standard InChI is InChI=1S/C16H18F4N4S/c1-3-21-15(24-9-13-8-22-10(2)25-13)23-7-11-4-5-12(17)6-14(11)16(18,19)20/h4-6,8H,3,7,9H2,1-2H3,(H2,21,23,24). The lowest BCUT2D eigenvalue weighted by Crippen LogP contribution is -2.36. The van der Waals surface area contributed by atoms with E-state index in [4.69, 9.17) is 0 Å². The molecular weight excluding hydrogens is 356 g/mol. The van der Waals surface area contributed by atoms with Crippen LogP contribution < -0.4 is 10.6 Å². The van der Waals surface area contributed by atoms with Gasteiger partial charge in [0, 0.05) is 17.6 Å². The Balaban J connectivity index is 2.13. The van der Waals surface area contributed by atoms with Crippen LogP contribution in [0.3, 0.4) is 0 Å². The highest BCUT2D eigenvalue weighted by molar-refractivity contribution is 7.11. The Kier molecular flexibility index (Phi) is 6.35. The molecule has 25 heavy (non-hydrogen) atoms. The van der Waals surface area contributed by atoms with Gasteiger partial charge < -0.3 is 10.6 Å². The van der Waals surface area contributed by atoms with Crippen molar-refractivity contribution in [2.75, 3.05) is 6.54 Å². The van der Waals surface area contributed by atoms with E-state index in [9.17, 15) is 17.6 Å². The predicted molar refractivity (Wildman–Crippen MR) is 89.9 cm³/mol. The number of aryl methyl sites for hydroxylation is 1. The number of hydrogen-bond acceptors (Lipinski definition) is 3. The monoisotopic (exact) mass is 374 g/mol. The largest absolute Gasteiger partial charge is 0.416 e.